The van der Waals surface area contributed by atoms with Gasteiger partial charge < -0.3 is 10.6 Å². The molecule has 0 spiro atoms. The Kier molecular flexibility index (Phi) is 4.37. The maximum Gasteiger partial charge on any atom is 0.253 e. The summed E-state index contributed by atoms with van der Waals surface area (Å²) in [6.45, 7) is 1.18. The Morgan fingerprint density at radius 2 is 2.26 bits per heavy atom. The number of halogens is 2. The number of carbonyl (C=O) groups excluding carboxylic acids is 1. The van der Waals surface area contributed by atoms with Crippen LogP contribution in [0.25, 0.3) is 0 Å². The smallest absolute Gasteiger partial charge is 0.253 e. The third-order valence-electron chi connectivity index (χ3n) is 3.28. The van der Waals surface area contributed by atoms with E-state index in [4.69, 9.17) is 29.6 Å². The first-order valence-electron chi connectivity index (χ1n) is 6.02. The highest BCUT2D eigenvalue weighted by molar-refractivity contribution is 7.80. The number of thiocarbonyl (C=S) groups is 1. The third-order valence-corrected chi connectivity index (χ3v) is 3.90. The van der Waals surface area contributed by atoms with E-state index in [2.05, 4.69) is 0 Å². The Morgan fingerprint density at radius 3 is 2.89 bits per heavy atom. The van der Waals surface area contributed by atoms with E-state index in [1.165, 1.54) is 18.2 Å². The zero-order valence-electron chi connectivity index (χ0n) is 10.2. The second-order valence-corrected chi connectivity index (χ2v) is 5.50. The Morgan fingerprint density at radius 1 is 1.53 bits per heavy atom. The lowest BCUT2D eigenvalue weighted by molar-refractivity contribution is 0.0703. The van der Waals surface area contributed by atoms with Crippen LogP contribution < -0.4 is 5.73 Å². The number of hydrogen-bond donors (Lipinski definition) is 1. The lowest BCUT2D eigenvalue weighted by Gasteiger charge is -2.32. The summed E-state index contributed by atoms with van der Waals surface area (Å²) in [5.74, 6) is -0.635. The van der Waals surface area contributed by atoms with Crippen molar-refractivity contribution in [1.29, 1.82) is 0 Å². The summed E-state index contributed by atoms with van der Waals surface area (Å²) in [6.07, 6.45) is 1.77. The minimum atomic E-state index is -0.530. The molecule has 1 aliphatic rings. The summed E-state index contributed by atoms with van der Waals surface area (Å²) < 4.78 is 13.1. The zero-order valence-corrected chi connectivity index (χ0v) is 11.8. The van der Waals surface area contributed by atoms with Gasteiger partial charge in [0.2, 0.25) is 0 Å². The van der Waals surface area contributed by atoms with Gasteiger partial charge in [0.15, 0.2) is 0 Å². The normalized spacial score (nSPS) is 19.3. The van der Waals surface area contributed by atoms with Crippen LogP contribution in [-0.2, 0) is 0 Å². The topological polar surface area (TPSA) is 46.3 Å². The molecular formula is C13H14ClFN2OS. The fourth-order valence-electron chi connectivity index (χ4n) is 2.21. The summed E-state index contributed by atoms with van der Waals surface area (Å²) in [6, 6.07) is 3.99. The number of likely N-dealkylation sites (tertiary alicyclic amines) is 1. The van der Waals surface area contributed by atoms with Crippen molar-refractivity contribution in [2.24, 2.45) is 11.7 Å². The zero-order chi connectivity index (χ0) is 14.0. The van der Waals surface area contributed by atoms with Crippen LogP contribution in [0.5, 0.6) is 0 Å². The molecule has 102 valence electrons. The molecule has 1 aromatic carbocycles. The van der Waals surface area contributed by atoms with E-state index in [1.807, 2.05) is 0 Å². The van der Waals surface area contributed by atoms with Gasteiger partial charge in [0.25, 0.3) is 5.91 Å². The summed E-state index contributed by atoms with van der Waals surface area (Å²) in [7, 11) is 0. The third kappa shape index (κ3) is 3.22. The predicted molar refractivity (Wildman–Crippen MR) is 76.8 cm³/mol. The first-order chi connectivity index (χ1) is 8.99. The average Bonchev–Trinajstić information content (AvgIpc) is 2.41. The van der Waals surface area contributed by atoms with Crippen LogP contribution in [0.3, 0.4) is 0 Å². The number of nitrogens with two attached hydrogens (primary N) is 1. The van der Waals surface area contributed by atoms with Crippen molar-refractivity contribution in [2.45, 2.75) is 12.8 Å². The number of nitrogens with zero attached hydrogens (tertiary/aromatic N) is 1. The average molecular weight is 301 g/mol. The van der Waals surface area contributed by atoms with Gasteiger partial charge in [-0.25, -0.2) is 4.39 Å². The summed E-state index contributed by atoms with van der Waals surface area (Å²) in [5.41, 5.74) is 6.02. The predicted octanol–water partition coefficient (Wildman–Crippen LogP) is 2.62. The number of benzene rings is 1. The van der Waals surface area contributed by atoms with Crippen molar-refractivity contribution in [1.82, 2.24) is 4.90 Å². The molecule has 1 amide bonds. The molecule has 1 heterocycles. The van der Waals surface area contributed by atoms with Gasteiger partial charge >= 0.3 is 0 Å². The first-order valence-corrected chi connectivity index (χ1v) is 6.81. The van der Waals surface area contributed by atoms with Crippen LogP contribution in [0.1, 0.15) is 23.2 Å². The number of amides is 1. The number of piperidine rings is 1. The van der Waals surface area contributed by atoms with Crippen molar-refractivity contribution in [3.05, 3.63) is 34.6 Å². The highest BCUT2D eigenvalue weighted by Gasteiger charge is 2.26. The standard InChI is InChI=1S/C13H14ClFN2OS/c14-10-6-8(3-4-11(10)15)13(18)17-5-1-2-9(7-17)12(16)19/h3-4,6,9H,1-2,5,7H2,(H2,16,19). The number of hydrogen-bond acceptors (Lipinski definition) is 2. The second-order valence-electron chi connectivity index (χ2n) is 4.62. The Balaban J connectivity index is 2.14. The van der Waals surface area contributed by atoms with Crippen molar-refractivity contribution in [3.63, 3.8) is 0 Å². The van der Waals surface area contributed by atoms with Gasteiger partial charge in [-0.15, -0.1) is 0 Å². The van der Waals surface area contributed by atoms with E-state index in [0.29, 0.717) is 23.6 Å². The molecule has 1 unspecified atom stereocenters. The van der Waals surface area contributed by atoms with Crippen molar-refractivity contribution in [2.75, 3.05) is 13.1 Å². The highest BCUT2D eigenvalue weighted by Crippen LogP contribution is 2.21. The Bertz CT molecular complexity index is 523. The lowest BCUT2D eigenvalue weighted by atomic mass is 9.97. The molecular weight excluding hydrogens is 287 g/mol. The van der Waals surface area contributed by atoms with Crippen LogP contribution in [0, 0.1) is 11.7 Å². The van der Waals surface area contributed by atoms with Crippen LogP contribution in [0.2, 0.25) is 5.02 Å². The molecule has 3 nitrogen and oxygen atoms in total. The Labute approximate surface area is 121 Å². The van der Waals surface area contributed by atoms with Crippen molar-refractivity contribution in [3.8, 4) is 0 Å². The monoisotopic (exact) mass is 300 g/mol. The molecule has 1 atom stereocenters. The van der Waals surface area contributed by atoms with Crippen LogP contribution in [-0.4, -0.2) is 28.9 Å². The molecule has 0 bridgehead atoms. The first kappa shape index (κ1) is 14.2. The van der Waals surface area contributed by atoms with Crippen molar-refractivity contribution < 1.29 is 9.18 Å². The van der Waals surface area contributed by atoms with E-state index in [9.17, 15) is 9.18 Å². The molecule has 1 fully saturated rings. The number of rotatable bonds is 2. The SMILES string of the molecule is NC(=S)C1CCCN(C(=O)c2ccc(F)c(Cl)c2)C1. The minimum Gasteiger partial charge on any atom is -0.393 e. The molecule has 19 heavy (non-hydrogen) atoms. The highest BCUT2D eigenvalue weighted by atomic mass is 35.5. The van der Waals surface area contributed by atoms with Crippen LogP contribution in [0.15, 0.2) is 18.2 Å². The van der Waals surface area contributed by atoms with Crippen LogP contribution >= 0.6 is 23.8 Å². The molecule has 0 aliphatic carbocycles. The van der Waals surface area contributed by atoms with E-state index >= 15 is 0 Å². The van der Waals surface area contributed by atoms with Gasteiger partial charge in [-0.1, -0.05) is 23.8 Å². The number of carbonyl (C=O) groups is 1. The van der Waals surface area contributed by atoms with E-state index in [0.717, 1.165) is 12.8 Å². The van der Waals surface area contributed by atoms with Gasteiger partial charge in [-0.3, -0.25) is 4.79 Å². The van der Waals surface area contributed by atoms with Crippen molar-refractivity contribution >= 4 is 34.7 Å². The molecule has 2 rings (SSSR count). The molecule has 1 aromatic rings. The minimum absolute atomic E-state index is 0.0474. The summed E-state index contributed by atoms with van der Waals surface area (Å²) in [4.78, 5) is 14.4. The van der Waals surface area contributed by atoms with Gasteiger partial charge in [-0.05, 0) is 31.0 Å². The van der Waals surface area contributed by atoms with E-state index < -0.39 is 5.82 Å². The summed E-state index contributed by atoms with van der Waals surface area (Å²) >= 11 is 10.7. The quantitative estimate of drug-likeness (QED) is 0.854. The maximum absolute atomic E-state index is 13.1. The molecule has 0 saturated carbocycles. The molecule has 1 saturated heterocycles. The maximum atomic E-state index is 13.1. The Hall–Kier alpha value is -1.20. The largest absolute Gasteiger partial charge is 0.393 e. The van der Waals surface area contributed by atoms with Gasteiger partial charge in [0.05, 0.1) is 10.0 Å². The fourth-order valence-corrected chi connectivity index (χ4v) is 2.58. The lowest BCUT2D eigenvalue weighted by Crippen LogP contribution is -2.43. The van der Waals surface area contributed by atoms with Gasteiger partial charge in [-0.2, -0.15) is 0 Å². The van der Waals surface area contributed by atoms with Gasteiger partial charge in [0.1, 0.15) is 5.82 Å². The fraction of sp³-hybridized carbons (Fsp3) is 0.385. The van der Waals surface area contributed by atoms with Crippen LogP contribution in [0.4, 0.5) is 4.39 Å². The molecule has 1 aliphatic heterocycles. The van der Waals surface area contributed by atoms with E-state index in [1.54, 1.807) is 4.90 Å². The molecule has 6 heteroatoms. The second kappa shape index (κ2) is 5.84. The van der Waals surface area contributed by atoms with E-state index in [-0.39, 0.29) is 16.8 Å². The summed E-state index contributed by atoms with van der Waals surface area (Å²) in [5, 5.41) is -0.0474. The molecule has 0 aromatic heterocycles. The molecule has 2 N–H and O–H groups in total. The molecule has 0 radical (unpaired) electrons. The van der Waals surface area contributed by atoms with Gasteiger partial charge in [0, 0.05) is 24.6 Å².